The highest BCUT2D eigenvalue weighted by Crippen LogP contribution is 2.34. The van der Waals surface area contributed by atoms with Crippen molar-refractivity contribution in [1.29, 1.82) is 0 Å². The molecule has 0 bridgehead atoms. The van der Waals surface area contributed by atoms with Gasteiger partial charge in [0.2, 0.25) is 0 Å². The molecule has 0 aliphatic rings. The molecule has 3 aromatic carbocycles. The molecule has 0 amide bonds. The topological polar surface area (TPSA) is 51.0 Å². The van der Waals surface area contributed by atoms with Gasteiger partial charge >= 0.3 is 0 Å². The fraction of sp³-hybridized carbons (Fsp3) is 0.167. The number of aromatic nitrogens is 1. The minimum absolute atomic E-state index is 0.732. The first kappa shape index (κ1) is 19.0. The molecule has 142 valence electrons. The smallest absolute Gasteiger partial charge is 0.128 e. The number of nitrogens with two attached hydrogens (primary N) is 1. The SMILES string of the molecule is NCCCCc1c(-c2cccc(Oc3ccccc3)c2)[nH]c2ccc(I)cc12. The van der Waals surface area contributed by atoms with Gasteiger partial charge < -0.3 is 15.5 Å². The van der Waals surface area contributed by atoms with Gasteiger partial charge in [-0.1, -0.05) is 30.3 Å². The Morgan fingerprint density at radius 1 is 0.857 bits per heavy atom. The molecule has 3 N–H and O–H groups in total. The highest BCUT2D eigenvalue weighted by Gasteiger charge is 2.14. The maximum atomic E-state index is 6.04. The van der Waals surface area contributed by atoms with E-state index in [1.54, 1.807) is 0 Å². The van der Waals surface area contributed by atoms with Crippen LogP contribution in [0.4, 0.5) is 0 Å². The molecule has 0 spiro atoms. The number of hydrogen-bond acceptors (Lipinski definition) is 2. The number of nitrogens with one attached hydrogen (secondary N) is 1. The van der Waals surface area contributed by atoms with E-state index in [2.05, 4.69) is 57.9 Å². The first-order valence-corrected chi connectivity index (χ1v) is 10.7. The predicted molar refractivity (Wildman–Crippen MR) is 125 cm³/mol. The van der Waals surface area contributed by atoms with Gasteiger partial charge in [0.15, 0.2) is 0 Å². The Kier molecular flexibility index (Phi) is 5.98. The second-order valence-electron chi connectivity index (χ2n) is 6.86. The van der Waals surface area contributed by atoms with Crippen LogP contribution in [0.5, 0.6) is 11.5 Å². The molecule has 0 radical (unpaired) electrons. The van der Waals surface area contributed by atoms with Crippen LogP contribution in [0.15, 0.2) is 72.8 Å². The van der Waals surface area contributed by atoms with Crippen LogP contribution >= 0.6 is 22.6 Å². The van der Waals surface area contributed by atoms with Crippen molar-refractivity contribution in [3.05, 3.63) is 81.9 Å². The van der Waals surface area contributed by atoms with Crippen molar-refractivity contribution in [2.24, 2.45) is 5.73 Å². The Hall–Kier alpha value is -2.31. The van der Waals surface area contributed by atoms with Crippen LogP contribution in [-0.4, -0.2) is 11.5 Å². The van der Waals surface area contributed by atoms with Crippen molar-refractivity contribution in [3.63, 3.8) is 0 Å². The number of para-hydroxylation sites is 1. The van der Waals surface area contributed by atoms with Gasteiger partial charge in [0.05, 0.1) is 0 Å². The molecule has 1 heterocycles. The third-order valence-electron chi connectivity index (χ3n) is 4.85. The van der Waals surface area contributed by atoms with Gasteiger partial charge in [0.1, 0.15) is 11.5 Å². The van der Waals surface area contributed by atoms with Gasteiger partial charge in [-0.3, -0.25) is 0 Å². The summed E-state index contributed by atoms with van der Waals surface area (Å²) < 4.78 is 7.29. The van der Waals surface area contributed by atoms with Crippen LogP contribution in [-0.2, 0) is 6.42 Å². The molecular formula is C24H23IN2O. The maximum Gasteiger partial charge on any atom is 0.128 e. The van der Waals surface area contributed by atoms with E-state index in [1.165, 1.54) is 25.7 Å². The Labute approximate surface area is 179 Å². The molecule has 0 atom stereocenters. The molecule has 0 saturated carbocycles. The number of unbranched alkanes of at least 4 members (excludes halogenated alkanes) is 1. The number of aromatic amines is 1. The highest BCUT2D eigenvalue weighted by atomic mass is 127. The Bertz CT molecular complexity index is 1070. The van der Waals surface area contributed by atoms with Crippen molar-refractivity contribution in [2.75, 3.05) is 6.54 Å². The lowest BCUT2D eigenvalue weighted by molar-refractivity contribution is 0.483. The number of aryl methyl sites for hydroxylation is 1. The summed E-state index contributed by atoms with van der Waals surface area (Å²) in [6.07, 6.45) is 3.13. The number of hydrogen-bond donors (Lipinski definition) is 2. The molecular weight excluding hydrogens is 459 g/mol. The van der Waals surface area contributed by atoms with Crippen LogP contribution in [0.25, 0.3) is 22.2 Å². The zero-order chi connectivity index (χ0) is 19.3. The molecule has 28 heavy (non-hydrogen) atoms. The zero-order valence-electron chi connectivity index (χ0n) is 15.6. The summed E-state index contributed by atoms with van der Waals surface area (Å²) in [5, 5.41) is 1.30. The van der Waals surface area contributed by atoms with Gasteiger partial charge in [-0.25, -0.2) is 0 Å². The third kappa shape index (κ3) is 4.23. The average molecular weight is 482 g/mol. The Morgan fingerprint density at radius 3 is 2.50 bits per heavy atom. The number of halogens is 1. The third-order valence-corrected chi connectivity index (χ3v) is 5.52. The van der Waals surface area contributed by atoms with E-state index in [0.29, 0.717) is 0 Å². The number of ether oxygens (including phenoxy) is 1. The first-order valence-electron chi connectivity index (χ1n) is 9.58. The molecule has 0 aliphatic heterocycles. The highest BCUT2D eigenvalue weighted by molar-refractivity contribution is 14.1. The van der Waals surface area contributed by atoms with Gasteiger partial charge in [-0.15, -0.1) is 0 Å². The lowest BCUT2D eigenvalue weighted by atomic mass is 10.00. The lowest BCUT2D eigenvalue weighted by Crippen LogP contribution is -1.99. The van der Waals surface area contributed by atoms with Gasteiger partial charge in [0.25, 0.3) is 0 Å². The van der Waals surface area contributed by atoms with Gasteiger partial charge in [-0.05, 0) is 96.4 Å². The van der Waals surface area contributed by atoms with E-state index < -0.39 is 0 Å². The van der Waals surface area contributed by atoms with Crippen molar-refractivity contribution >= 4 is 33.5 Å². The Balaban J connectivity index is 1.73. The van der Waals surface area contributed by atoms with Crippen LogP contribution in [0.1, 0.15) is 18.4 Å². The van der Waals surface area contributed by atoms with Crippen LogP contribution < -0.4 is 10.5 Å². The lowest BCUT2D eigenvalue weighted by Gasteiger charge is -2.09. The van der Waals surface area contributed by atoms with E-state index in [4.69, 9.17) is 10.5 Å². The van der Waals surface area contributed by atoms with E-state index >= 15 is 0 Å². The van der Waals surface area contributed by atoms with Crippen LogP contribution in [0.3, 0.4) is 0 Å². The summed E-state index contributed by atoms with van der Waals surface area (Å²) in [6.45, 7) is 0.732. The molecule has 4 rings (SSSR count). The summed E-state index contributed by atoms with van der Waals surface area (Å²) in [5.74, 6) is 1.68. The molecule has 4 aromatic rings. The molecule has 0 fully saturated rings. The second-order valence-corrected chi connectivity index (χ2v) is 8.10. The fourth-order valence-electron chi connectivity index (χ4n) is 3.51. The quantitative estimate of drug-likeness (QED) is 0.233. The van der Waals surface area contributed by atoms with Crippen molar-refractivity contribution in [1.82, 2.24) is 4.98 Å². The number of fused-ring (bicyclic) bond motifs is 1. The number of rotatable bonds is 7. The van der Waals surface area contributed by atoms with Crippen molar-refractivity contribution in [2.45, 2.75) is 19.3 Å². The van der Waals surface area contributed by atoms with E-state index in [1.807, 2.05) is 42.5 Å². The maximum absolute atomic E-state index is 6.04. The summed E-state index contributed by atoms with van der Waals surface area (Å²) in [7, 11) is 0. The van der Waals surface area contributed by atoms with E-state index in [0.717, 1.165) is 42.9 Å². The second kappa shape index (κ2) is 8.80. The predicted octanol–water partition coefficient (Wildman–Crippen LogP) is 6.51. The molecule has 0 aliphatic carbocycles. The van der Waals surface area contributed by atoms with E-state index in [-0.39, 0.29) is 0 Å². The van der Waals surface area contributed by atoms with Crippen LogP contribution in [0, 0.1) is 3.57 Å². The van der Waals surface area contributed by atoms with Crippen molar-refractivity contribution in [3.8, 4) is 22.8 Å². The molecule has 4 heteroatoms. The monoisotopic (exact) mass is 482 g/mol. The number of H-pyrrole nitrogens is 1. The number of benzene rings is 3. The average Bonchev–Trinajstić information content (AvgIpc) is 3.07. The summed E-state index contributed by atoms with van der Waals surface area (Å²) in [6, 6.07) is 24.7. The zero-order valence-corrected chi connectivity index (χ0v) is 17.8. The minimum Gasteiger partial charge on any atom is -0.457 e. The van der Waals surface area contributed by atoms with E-state index in [9.17, 15) is 0 Å². The van der Waals surface area contributed by atoms with Crippen molar-refractivity contribution < 1.29 is 4.74 Å². The molecule has 3 nitrogen and oxygen atoms in total. The molecule has 0 saturated heterocycles. The van der Waals surface area contributed by atoms with Crippen LogP contribution in [0.2, 0.25) is 0 Å². The fourth-order valence-corrected chi connectivity index (χ4v) is 4.00. The first-order chi connectivity index (χ1) is 13.7. The largest absolute Gasteiger partial charge is 0.457 e. The Morgan fingerprint density at radius 2 is 1.68 bits per heavy atom. The summed E-state index contributed by atoms with van der Waals surface area (Å²) in [4.78, 5) is 3.64. The molecule has 1 aromatic heterocycles. The molecule has 0 unspecified atom stereocenters. The standard InChI is InChI=1S/C24H23IN2O/c25-18-12-13-23-22(16-18)21(11-4-5-14-26)24(27-23)17-7-6-10-20(15-17)28-19-8-2-1-3-9-19/h1-3,6-10,12-13,15-16,27H,4-5,11,14,26H2. The van der Waals surface area contributed by atoms with Gasteiger partial charge in [0, 0.05) is 25.7 Å². The normalized spacial score (nSPS) is 11.1. The van der Waals surface area contributed by atoms with Gasteiger partial charge in [-0.2, -0.15) is 0 Å². The minimum atomic E-state index is 0.732. The summed E-state index contributed by atoms with van der Waals surface area (Å²) >= 11 is 2.38. The summed E-state index contributed by atoms with van der Waals surface area (Å²) in [5.41, 5.74) is 10.6.